The molecule has 2 fully saturated rings. The molecule has 4 bridgehead atoms. The molecular weight excluding hydrogens is 236 g/mol. The number of Topliss-reactive ketones (excluding diaryl/α,β-unsaturated/α-hetero) is 1. The minimum absolute atomic E-state index is 0.0568. The van der Waals surface area contributed by atoms with Crippen LogP contribution in [0.15, 0.2) is 11.6 Å². The number of allylic oxidation sites excluding steroid dienone is 1. The van der Waals surface area contributed by atoms with Gasteiger partial charge in [0.25, 0.3) is 0 Å². The Balaban J connectivity index is 2.10. The summed E-state index contributed by atoms with van der Waals surface area (Å²) in [4.78, 5) is 24.2. The van der Waals surface area contributed by atoms with Gasteiger partial charge in [0, 0.05) is 18.6 Å². The zero-order chi connectivity index (χ0) is 12.9. The lowest BCUT2D eigenvalue weighted by atomic mass is 9.59. The predicted octanol–water partition coefficient (Wildman–Crippen LogP) is 0.684. The molecule has 5 nitrogen and oxygen atoms in total. The van der Waals surface area contributed by atoms with Gasteiger partial charge >= 0.3 is 5.97 Å². The topological polar surface area (TPSA) is 61.8 Å². The van der Waals surface area contributed by atoms with Gasteiger partial charge in [-0.2, -0.15) is 0 Å². The number of rotatable bonds is 2. The summed E-state index contributed by atoms with van der Waals surface area (Å²) in [5, 5.41) is 0. The Hall–Kier alpha value is -1.20. The molecule has 1 saturated heterocycles. The van der Waals surface area contributed by atoms with Crippen molar-refractivity contribution in [1.29, 1.82) is 0 Å². The van der Waals surface area contributed by atoms with Crippen molar-refractivity contribution in [2.75, 3.05) is 20.8 Å². The largest absolute Gasteiger partial charge is 0.466 e. The zero-order valence-electron chi connectivity index (χ0n) is 10.5. The van der Waals surface area contributed by atoms with Gasteiger partial charge in [-0.15, -0.1) is 0 Å². The molecule has 4 rings (SSSR count). The van der Waals surface area contributed by atoms with E-state index in [0.29, 0.717) is 12.2 Å². The molecule has 4 atom stereocenters. The second-order valence-corrected chi connectivity index (χ2v) is 5.07. The van der Waals surface area contributed by atoms with Crippen LogP contribution in [0.1, 0.15) is 12.8 Å². The molecule has 98 valence electrons. The Kier molecular flexibility index (Phi) is 2.57. The minimum atomic E-state index is -1.26. The number of ketones is 1. The summed E-state index contributed by atoms with van der Waals surface area (Å²) in [6, 6.07) is 0. The lowest BCUT2D eigenvalue weighted by Crippen LogP contribution is -2.64. The molecule has 0 N–H and O–H groups in total. The molecule has 0 radical (unpaired) electrons. The van der Waals surface area contributed by atoms with Gasteiger partial charge < -0.3 is 14.2 Å². The summed E-state index contributed by atoms with van der Waals surface area (Å²) in [7, 11) is 2.82. The molecule has 1 heterocycles. The molecule has 0 unspecified atom stereocenters. The van der Waals surface area contributed by atoms with Crippen molar-refractivity contribution in [3.05, 3.63) is 11.6 Å². The molecular formula is C13H16O5. The lowest BCUT2D eigenvalue weighted by Gasteiger charge is -2.54. The van der Waals surface area contributed by atoms with E-state index < -0.39 is 5.79 Å². The number of carbonyl (C=O) groups excluding carboxylic acids is 2. The molecule has 0 aromatic heterocycles. The number of carbonyl (C=O) groups is 2. The van der Waals surface area contributed by atoms with E-state index in [4.69, 9.17) is 14.2 Å². The van der Waals surface area contributed by atoms with Crippen molar-refractivity contribution >= 4 is 11.8 Å². The predicted molar refractivity (Wildman–Crippen MR) is 60.5 cm³/mol. The Bertz CT molecular complexity index is 441. The highest BCUT2D eigenvalue weighted by Crippen LogP contribution is 2.53. The van der Waals surface area contributed by atoms with E-state index in [1.807, 2.05) is 0 Å². The zero-order valence-corrected chi connectivity index (χ0v) is 10.5. The van der Waals surface area contributed by atoms with Crippen LogP contribution < -0.4 is 0 Å². The third-order valence-electron chi connectivity index (χ3n) is 4.36. The molecule has 18 heavy (non-hydrogen) atoms. The van der Waals surface area contributed by atoms with Crippen molar-refractivity contribution in [2.45, 2.75) is 18.6 Å². The molecule has 1 aliphatic heterocycles. The van der Waals surface area contributed by atoms with Crippen molar-refractivity contribution in [1.82, 2.24) is 0 Å². The molecule has 0 spiro atoms. The van der Waals surface area contributed by atoms with Crippen LogP contribution in [0.2, 0.25) is 0 Å². The van der Waals surface area contributed by atoms with Gasteiger partial charge in [0.1, 0.15) is 0 Å². The van der Waals surface area contributed by atoms with Crippen LogP contribution >= 0.6 is 0 Å². The first-order valence-electron chi connectivity index (χ1n) is 6.17. The van der Waals surface area contributed by atoms with Gasteiger partial charge in [0.2, 0.25) is 5.79 Å². The van der Waals surface area contributed by atoms with Crippen molar-refractivity contribution in [2.24, 2.45) is 17.8 Å². The number of ether oxygens (including phenoxy) is 3. The Morgan fingerprint density at radius 3 is 2.94 bits per heavy atom. The van der Waals surface area contributed by atoms with Crippen LogP contribution in [-0.4, -0.2) is 38.4 Å². The van der Waals surface area contributed by atoms with E-state index in [9.17, 15) is 9.59 Å². The second-order valence-electron chi connectivity index (χ2n) is 5.07. The van der Waals surface area contributed by atoms with Crippen LogP contribution in [0, 0.1) is 17.8 Å². The van der Waals surface area contributed by atoms with Crippen molar-refractivity contribution in [3.8, 4) is 0 Å². The maximum Gasteiger partial charge on any atom is 0.333 e. The summed E-state index contributed by atoms with van der Waals surface area (Å²) in [6.45, 7) is 0.502. The fourth-order valence-corrected chi connectivity index (χ4v) is 3.62. The van der Waals surface area contributed by atoms with Gasteiger partial charge in [-0.1, -0.05) is 6.08 Å². The third kappa shape index (κ3) is 1.29. The second kappa shape index (κ2) is 3.90. The molecule has 3 aliphatic carbocycles. The number of hydrogen-bond donors (Lipinski definition) is 0. The summed E-state index contributed by atoms with van der Waals surface area (Å²) < 4.78 is 15.8. The SMILES string of the molecule is COC(=O)C1=C[C@@H]2C[C@H]3CCO[C@@](OC)(C2=O)[C@@H]13. The van der Waals surface area contributed by atoms with Crippen LogP contribution in [-0.2, 0) is 23.8 Å². The first-order valence-corrected chi connectivity index (χ1v) is 6.17. The third-order valence-corrected chi connectivity index (χ3v) is 4.36. The van der Waals surface area contributed by atoms with Crippen molar-refractivity contribution in [3.63, 3.8) is 0 Å². The molecule has 1 saturated carbocycles. The first-order chi connectivity index (χ1) is 8.64. The van der Waals surface area contributed by atoms with E-state index in [1.54, 1.807) is 6.08 Å². The average Bonchev–Trinajstić information content (AvgIpc) is 2.42. The average molecular weight is 252 g/mol. The summed E-state index contributed by atoms with van der Waals surface area (Å²) >= 11 is 0. The van der Waals surface area contributed by atoms with Gasteiger partial charge in [0.05, 0.1) is 19.6 Å². The fourth-order valence-electron chi connectivity index (χ4n) is 3.62. The highest BCUT2D eigenvalue weighted by atomic mass is 16.7. The number of esters is 1. The fraction of sp³-hybridized carbons (Fsp3) is 0.692. The van der Waals surface area contributed by atoms with Crippen LogP contribution in [0.4, 0.5) is 0 Å². The normalized spacial score (nSPS) is 41.6. The molecule has 5 heteroatoms. The monoisotopic (exact) mass is 252 g/mol. The van der Waals surface area contributed by atoms with Crippen LogP contribution in [0.25, 0.3) is 0 Å². The molecule has 0 aromatic rings. The maximum atomic E-state index is 12.4. The lowest BCUT2D eigenvalue weighted by molar-refractivity contribution is -0.276. The Morgan fingerprint density at radius 2 is 2.28 bits per heavy atom. The van der Waals surface area contributed by atoms with E-state index in [-0.39, 0.29) is 29.5 Å². The van der Waals surface area contributed by atoms with E-state index >= 15 is 0 Å². The van der Waals surface area contributed by atoms with Gasteiger partial charge in [-0.3, -0.25) is 4.79 Å². The van der Waals surface area contributed by atoms with Crippen LogP contribution in [0.5, 0.6) is 0 Å². The highest BCUT2D eigenvalue weighted by Gasteiger charge is 2.63. The van der Waals surface area contributed by atoms with Gasteiger partial charge in [-0.05, 0) is 18.8 Å². The number of hydrogen-bond acceptors (Lipinski definition) is 5. The van der Waals surface area contributed by atoms with E-state index in [2.05, 4.69) is 0 Å². The quantitative estimate of drug-likeness (QED) is 0.676. The van der Waals surface area contributed by atoms with Gasteiger partial charge in [-0.25, -0.2) is 4.79 Å². The highest BCUT2D eigenvalue weighted by molar-refractivity contribution is 6.00. The number of methoxy groups -OCH3 is 2. The summed E-state index contributed by atoms with van der Waals surface area (Å²) in [5.41, 5.74) is 0.542. The molecule has 0 amide bonds. The summed E-state index contributed by atoms with van der Waals surface area (Å²) in [5.74, 6) is -2.03. The maximum absolute atomic E-state index is 12.4. The standard InChI is InChI=1S/C13H16O5/c1-16-12(15)9-6-8-5-7-3-4-18-13(17-2,10(7)9)11(8)14/h6-8,10H,3-5H2,1-2H3/t7-,8+,10-,13-/m1/s1. The first kappa shape index (κ1) is 11.9. The molecule has 0 aromatic carbocycles. The summed E-state index contributed by atoms with van der Waals surface area (Å²) in [6.07, 6.45) is 3.38. The van der Waals surface area contributed by atoms with E-state index in [0.717, 1.165) is 12.8 Å². The van der Waals surface area contributed by atoms with Gasteiger partial charge in [0.15, 0.2) is 5.78 Å². The van der Waals surface area contributed by atoms with E-state index in [1.165, 1.54) is 14.2 Å². The minimum Gasteiger partial charge on any atom is -0.466 e. The van der Waals surface area contributed by atoms with Crippen molar-refractivity contribution < 1.29 is 23.8 Å². The Labute approximate surface area is 105 Å². The Morgan fingerprint density at radius 1 is 1.50 bits per heavy atom. The molecule has 4 aliphatic rings. The van der Waals surface area contributed by atoms with Crippen LogP contribution in [0.3, 0.4) is 0 Å². The smallest absolute Gasteiger partial charge is 0.333 e.